The molecule has 126 valence electrons. The Morgan fingerprint density at radius 2 is 1.45 bits per heavy atom. The molecule has 0 aromatic heterocycles. The van der Waals surface area contributed by atoms with Gasteiger partial charge < -0.3 is 0 Å². The molecule has 1 aliphatic rings. The second-order valence-electron chi connectivity index (χ2n) is 6.56. The van der Waals surface area contributed by atoms with Crippen LogP contribution in [0.5, 0.6) is 0 Å². The summed E-state index contributed by atoms with van der Waals surface area (Å²) in [5, 5.41) is 0. The molecule has 1 aromatic carbocycles. The Hall–Kier alpha value is -0.510. The van der Waals surface area contributed by atoms with Crippen molar-refractivity contribution in [3.8, 4) is 0 Å². The van der Waals surface area contributed by atoms with Crippen molar-refractivity contribution in [3.63, 3.8) is 0 Å². The zero-order chi connectivity index (χ0) is 16.4. The van der Waals surface area contributed by atoms with Crippen LogP contribution in [0.3, 0.4) is 0 Å². The SMILES string of the molecule is CC.CC(C)(C)SCCN1CCN(Cc2ccccc2)CC1. The van der Waals surface area contributed by atoms with Crippen LogP contribution in [-0.4, -0.2) is 53.0 Å². The lowest BCUT2D eigenvalue weighted by atomic mass is 10.2. The van der Waals surface area contributed by atoms with E-state index in [1.165, 1.54) is 44.0 Å². The van der Waals surface area contributed by atoms with Crippen LogP contribution in [0.1, 0.15) is 40.2 Å². The highest BCUT2D eigenvalue weighted by Gasteiger charge is 2.17. The average Bonchev–Trinajstić information content (AvgIpc) is 2.51. The van der Waals surface area contributed by atoms with E-state index in [2.05, 4.69) is 72.7 Å². The van der Waals surface area contributed by atoms with Crippen LogP contribution in [-0.2, 0) is 6.54 Å². The van der Waals surface area contributed by atoms with Gasteiger partial charge in [0.15, 0.2) is 0 Å². The summed E-state index contributed by atoms with van der Waals surface area (Å²) < 4.78 is 0.398. The van der Waals surface area contributed by atoms with Gasteiger partial charge >= 0.3 is 0 Å². The monoisotopic (exact) mass is 322 g/mol. The molecule has 2 rings (SSSR count). The lowest BCUT2D eigenvalue weighted by Crippen LogP contribution is -2.46. The molecule has 0 bridgehead atoms. The molecule has 0 aliphatic carbocycles. The van der Waals surface area contributed by atoms with E-state index in [9.17, 15) is 0 Å². The Balaban J connectivity index is 0.00000116. The van der Waals surface area contributed by atoms with Gasteiger partial charge in [-0.3, -0.25) is 9.80 Å². The van der Waals surface area contributed by atoms with Gasteiger partial charge in [-0.25, -0.2) is 0 Å². The minimum Gasteiger partial charge on any atom is -0.300 e. The van der Waals surface area contributed by atoms with Crippen molar-refractivity contribution in [2.24, 2.45) is 0 Å². The number of benzene rings is 1. The molecule has 1 heterocycles. The summed E-state index contributed by atoms with van der Waals surface area (Å²) in [5.74, 6) is 1.25. The fourth-order valence-corrected chi connectivity index (χ4v) is 3.46. The number of hydrogen-bond donors (Lipinski definition) is 0. The second kappa shape index (κ2) is 10.3. The van der Waals surface area contributed by atoms with Gasteiger partial charge in [-0.2, -0.15) is 11.8 Å². The second-order valence-corrected chi connectivity index (χ2v) is 8.49. The van der Waals surface area contributed by atoms with Gasteiger partial charge in [-0.05, 0) is 5.56 Å². The molecule has 3 heteroatoms. The van der Waals surface area contributed by atoms with Gasteiger partial charge in [0.05, 0.1) is 0 Å². The molecule has 0 spiro atoms. The van der Waals surface area contributed by atoms with Crippen LogP contribution in [0.15, 0.2) is 30.3 Å². The van der Waals surface area contributed by atoms with Crippen LogP contribution in [0, 0.1) is 0 Å². The summed E-state index contributed by atoms with van der Waals surface area (Å²) >= 11 is 2.08. The Bertz CT molecular complexity index is 378. The molecule has 0 atom stereocenters. The summed E-state index contributed by atoms with van der Waals surface area (Å²) in [7, 11) is 0. The van der Waals surface area contributed by atoms with Gasteiger partial charge in [0.25, 0.3) is 0 Å². The first kappa shape index (κ1) is 19.5. The summed E-state index contributed by atoms with van der Waals surface area (Å²) in [6, 6.07) is 10.8. The zero-order valence-electron chi connectivity index (χ0n) is 15.1. The molecular formula is C19H34N2S. The first-order valence-corrected chi connectivity index (χ1v) is 9.64. The Labute approximate surface area is 142 Å². The standard InChI is InChI=1S/C17H28N2S.C2H6/c1-17(2,3)20-14-13-18-9-11-19(12-10-18)15-16-7-5-4-6-8-16;1-2/h4-8H,9-15H2,1-3H3;1-2H3. The van der Waals surface area contributed by atoms with E-state index in [4.69, 9.17) is 0 Å². The van der Waals surface area contributed by atoms with Crippen LogP contribution < -0.4 is 0 Å². The summed E-state index contributed by atoms with van der Waals surface area (Å²) in [5.41, 5.74) is 1.43. The number of piperazine rings is 1. The van der Waals surface area contributed by atoms with Crippen molar-refractivity contribution >= 4 is 11.8 Å². The van der Waals surface area contributed by atoms with Crippen LogP contribution in [0.2, 0.25) is 0 Å². The van der Waals surface area contributed by atoms with E-state index in [1.54, 1.807) is 0 Å². The number of hydrogen-bond acceptors (Lipinski definition) is 3. The van der Waals surface area contributed by atoms with Crippen molar-refractivity contribution in [3.05, 3.63) is 35.9 Å². The lowest BCUT2D eigenvalue weighted by molar-refractivity contribution is 0.133. The van der Waals surface area contributed by atoms with Crippen molar-refractivity contribution in [1.29, 1.82) is 0 Å². The van der Waals surface area contributed by atoms with Gasteiger partial charge in [-0.15, -0.1) is 0 Å². The molecule has 0 N–H and O–H groups in total. The maximum absolute atomic E-state index is 2.61. The Kier molecular flexibility index (Phi) is 9.15. The van der Waals surface area contributed by atoms with Crippen molar-refractivity contribution in [1.82, 2.24) is 9.80 Å². The van der Waals surface area contributed by atoms with Gasteiger partial charge in [-0.1, -0.05) is 65.0 Å². The van der Waals surface area contributed by atoms with Gasteiger partial charge in [0.2, 0.25) is 0 Å². The molecule has 0 unspecified atom stereocenters. The minimum absolute atomic E-state index is 0.398. The van der Waals surface area contributed by atoms with E-state index in [-0.39, 0.29) is 0 Å². The molecule has 0 amide bonds. The molecule has 1 aromatic rings. The quantitative estimate of drug-likeness (QED) is 0.795. The van der Waals surface area contributed by atoms with Gasteiger partial charge in [0, 0.05) is 49.8 Å². The van der Waals surface area contributed by atoms with Crippen molar-refractivity contribution in [2.75, 3.05) is 38.5 Å². The highest BCUT2D eigenvalue weighted by Crippen LogP contribution is 2.23. The topological polar surface area (TPSA) is 6.48 Å². The largest absolute Gasteiger partial charge is 0.300 e. The van der Waals surface area contributed by atoms with E-state index < -0.39 is 0 Å². The molecule has 2 nitrogen and oxygen atoms in total. The van der Waals surface area contributed by atoms with Gasteiger partial charge in [0.1, 0.15) is 0 Å². The smallest absolute Gasteiger partial charge is 0.0234 e. The third-order valence-corrected chi connectivity index (χ3v) is 4.91. The maximum Gasteiger partial charge on any atom is 0.0234 e. The predicted octanol–water partition coefficient (Wildman–Crippen LogP) is 4.36. The predicted molar refractivity (Wildman–Crippen MR) is 102 cm³/mol. The molecule has 22 heavy (non-hydrogen) atoms. The highest BCUT2D eigenvalue weighted by atomic mass is 32.2. The molecule has 1 saturated heterocycles. The molecule has 1 fully saturated rings. The molecule has 0 saturated carbocycles. The first-order valence-electron chi connectivity index (χ1n) is 8.65. The minimum atomic E-state index is 0.398. The van der Waals surface area contributed by atoms with E-state index >= 15 is 0 Å². The molecule has 0 radical (unpaired) electrons. The van der Waals surface area contributed by atoms with Crippen molar-refractivity contribution in [2.45, 2.75) is 45.9 Å². The third-order valence-electron chi connectivity index (χ3n) is 3.66. The number of thioether (sulfide) groups is 1. The highest BCUT2D eigenvalue weighted by molar-refractivity contribution is 8.00. The normalized spacial score (nSPS) is 17.0. The van der Waals surface area contributed by atoms with Crippen LogP contribution in [0.4, 0.5) is 0 Å². The lowest BCUT2D eigenvalue weighted by Gasteiger charge is -2.35. The van der Waals surface area contributed by atoms with Crippen LogP contribution in [0.25, 0.3) is 0 Å². The summed E-state index contributed by atoms with van der Waals surface area (Å²) in [6.07, 6.45) is 0. The maximum atomic E-state index is 2.61. The van der Waals surface area contributed by atoms with E-state index in [1.807, 2.05) is 13.8 Å². The fourth-order valence-electron chi connectivity index (χ4n) is 2.49. The Morgan fingerprint density at radius 3 is 2.00 bits per heavy atom. The van der Waals surface area contributed by atoms with E-state index in [0.29, 0.717) is 4.75 Å². The fraction of sp³-hybridized carbons (Fsp3) is 0.684. The first-order chi connectivity index (χ1) is 10.5. The zero-order valence-corrected chi connectivity index (χ0v) is 16.0. The third kappa shape index (κ3) is 8.21. The molecular weight excluding hydrogens is 288 g/mol. The number of rotatable bonds is 5. The molecule has 1 aliphatic heterocycles. The Morgan fingerprint density at radius 1 is 0.909 bits per heavy atom. The van der Waals surface area contributed by atoms with Crippen molar-refractivity contribution < 1.29 is 0 Å². The summed E-state index contributed by atoms with van der Waals surface area (Å²) in [4.78, 5) is 5.18. The van der Waals surface area contributed by atoms with E-state index in [0.717, 1.165) is 6.54 Å². The summed E-state index contributed by atoms with van der Waals surface area (Å²) in [6.45, 7) is 18.1. The number of nitrogens with zero attached hydrogens (tertiary/aromatic N) is 2. The van der Waals surface area contributed by atoms with Crippen LogP contribution >= 0.6 is 11.8 Å². The average molecular weight is 323 g/mol.